The maximum absolute atomic E-state index is 13.5. The molecular formula is C11H11ClFNO. The molecule has 0 aliphatic carbocycles. The van der Waals surface area contributed by atoms with E-state index in [1.54, 1.807) is 6.07 Å². The van der Waals surface area contributed by atoms with Crippen molar-refractivity contribution in [3.05, 3.63) is 29.0 Å². The minimum Gasteiger partial charge on any atom is -0.368 e. The van der Waals surface area contributed by atoms with Gasteiger partial charge in [0.25, 0.3) is 0 Å². The predicted molar refractivity (Wildman–Crippen MR) is 57.9 cm³/mol. The van der Waals surface area contributed by atoms with E-state index in [1.165, 1.54) is 12.1 Å². The van der Waals surface area contributed by atoms with Crippen molar-refractivity contribution in [2.45, 2.75) is 12.8 Å². The summed E-state index contributed by atoms with van der Waals surface area (Å²) in [6, 6.07) is 4.48. The van der Waals surface area contributed by atoms with E-state index in [0.717, 1.165) is 0 Å². The van der Waals surface area contributed by atoms with Gasteiger partial charge >= 0.3 is 0 Å². The molecule has 15 heavy (non-hydrogen) atoms. The number of carbonyl (C=O) groups excluding carboxylic acids is 1. The van der Waals surface area contributed by atoms with Gasteiger partial charge in [0.1, 0.15) is 11.6 Å². The molecule has 0 N–H and O–H groups in total. The monoisotopic (exact) mass is 227 g/mol. The van der Waals surface area contributed by atoms with Crippen LogP contribution >= 0.6 is 11.6 Å². The average Bonchev–Trinajstić information content (AvgIpc) is 2.23. The van der Waals surface area contributed by atoms with E-state index >= 15 is 0 Å². The van der Waals surface area contributed by atoms with Crippen LogP contribution in [0.2, 0.25) is 5.02 Å². The van der Waals surface area contributed by atoms with Crippen LogP contribution in [0.4, 0.5) is 10.1 Å². The Morgan fingerprint density at radius 2 is 1.93 bits per heavy atom. The Balaban J connectivity index is 2.21. The number of rotatable bonds is 1. The molecule has 1 saturated heterocycles. The van der Waals surface area contributed by atoms with Gasteiger partial charge in [0.2, 0.25) is 0 Å². The van der Waals surface area contributed by atoms with Gasteiger partial charge in [-0.3, -0.25) is 4.79 Å². The first kappa shape index (κ1) is 10.4. The number of anilines is 1. The molecule has 0 unspecified atom stereocenters. The van der Waals surface area contributed by atoms with Crippen molar-refractivity contribution in [3.8, 4) is 0 Å². The summed E-state index contributed by atoms with van der Waals surface area (Å²) in [4.78, 5) is 12.9. The molecule has 0 radical (unpaired) electrons. The number of benzene rings is 1. The zero-order valence-corrected chi connectivity index (χ0v) is 8.93. The third kappa shape index (κ3) is 2.29. The van der Waals surface area contributed by atoms with Gasteiger partial charge in [-0.2, -0.15) is 0 Å². The quantitative estimate of drug-likeness (QED) is 0.735. The summed E-state index contributed by atoms with van der Waals surface area (Å²) >= 11 is 5.80. The first-order valence-electron chi connectivity index (χ1n) is 4.88. The molecule has 0 amide bonds. The van der Waals surface area contributed by atoms with Crippen molar-refractivity contribution in [2.24, 2.45) is 0 Å². The van der Waals surface area contributed by atoms with Gasteiger partial charge in [-0.25, -0.2) is 4.39 Å². The lowest BCUT2D eigenvalue weighted by molar-refractivity contribution is -0.119. The fourth-order valence-electron chi connectivity index (χ4n) is 1.73. The van der Waals surface area contributed by atoms with Crippen LogP contribution in [0, 0.1) is 5.82 Å². The molecule has 0 aromatic heterocycles. The average molecular weight is 228 g/mol. The standard InChI is InChI=1S/C11H11ClFNO/c12-8-1-2-10(13)11(7-8)14-5-3-9(15)4-6-14/h1-2,7H,3-6H2. The molecular weight excluding hydrogens is 217 g/mol. The molecule has 1 aliphatic heterocycles. The van der Waals surface area contributed by atoms with E-state index in [4.69, 9.17) is 11.6 Å². The number of halogens is 2. The van der Waals surface area contributed by atoms with Crippen molar-refractivity contribution in [1.82, 2.24) is 0 Å². The number of hydrogen-bond acceptors (Lipinski definition) is 2. The Bertz CT molecular complexity index is 384. The van der Waals surface area contributed by atoms with Crippen LogP contribution in [0.1, 0.15) is 12.8 Å². The number of carbonyl (C=O) groups is 1. The van der Waals surface area contributed by atoms with E-state index < -0.39 is 0 Å². The van der Waals surface area contributed by atoms with E-state index in [-0.39, 0.29) is 11.6 Å². The summed E-state index contributed by atoms with van der Waals surface area (Å²) < 4.78 is 13.5. The Morgan fingerprint density at radius 3 is 2.60 bits per heavy atom. The SMILES string of the molecule is O=C1CCN(c2cc(Cl)ccc2F)CC1. The Kier molecular flexibility index (Phi) is 2.91. The van der Waals surface area contributed by atoms with Crippen LogP contribution in [0.5, 0.6) is 0 Å². The highest BCUT2D eigenvalue weighted by molar-refractivity contribution is 6.30. The van der Waals surface area contributed by atoms with Gasteiger partial charge in [-0.15, -0.1) is 0 Å². The molecule has 0 spiro atoms. The molecule has 80 valence electrons. The first-order valence-corrected chi connectivity index (χ1v) is 5.26. The van der Waals surface area contributed by atoms with E-state index in [9.17, 15) is 9.18 Å². The summed E-state index contributed by atoms with van der Waals surface area (Å²) in [6.45, 7) is 1.16. The molecule has 1 aliphatic rings. The molecule has 2 rings (SSSR count). The Hall–Kier alpha value is -1.09. The fraction of sp³-hybridized carbons (Fsp3) is 0.364. The molecule has 1 heterocycles. The lowest BCUT2D eigenvalue weighted by Gasteiger charge is -2.28. The van der Waals surface area contributed by atoms with Crippen LogP contribution < -0.4 is 4.90 Å². The van der Waals surface area contributed by atoms with Gasteiger partial charge in [0.15, 0.2) is 0 Å². The van der Waals surface area contributed by atoms with Crippen LogP contribution in [0.25, 0.3) is 0 Å². The number of piperidine rings is 1. The maximum Gasteiger partial charge on any atom is 0.146 e. The molecule has 1 aromatic carbocycles. The fourth-order valence-corrected chi connectivity index (χ4v) is 1.89. The van der Waals surface area contributed by atoms with Crippen LogP contribution in [-0.4, -0.2) is 18.9 Å². The third-order valence-electron chi connectivity index (χ3n) is 2.57. The molecule has 0 atom stereocenters. The Morgan fingerprint density at radius 1 is 1.27 bits per heavy atom. The molecule has 1 fully saturated rings. The van der Waals surface area contributed by atoms with E-state index in [0.29, 0.717) is 36.6 Å². The maximum atomic E-state index is 13.5. The number of ketones is 1. The topological polar surface area (TPSA) is 20.3 Å². The van der Waals surface area contributed by atoms with Gasteiger partial charge in [0, 0.05) is 31.0 Å². The van der Waals surface area contributed by atoms with E-state index in [2.05, 4.69) is 0 Å². The van der Waals surface area contributed by atoms with Crippen LogP contribution in [-0.2, 0) is 4.79 Å². The lowest BCUT2D eigenvalue weighted by Crippen LogP contribution is -2.34. The van der Waals surface area contributed by atoms with Gasteiger partial charge in [0.05, 0.1) is 5.69 Å². The van der Waals surface area contributed by atoms with E-state index in [1.807, 2.05) is 4.90 Å². The van der Waals surface area contributed by atoms with Crippen molar-refractivity contribution >= 4 is 23.1 Å². The molecule has 4 heteroatoms. The first-order chi connectivity index (χ1) is 7.16. The normalized spacial score (nSPS) is 16.9. The number of Topliss-reactive ketones (excluding diaryl/α,β-unsaturated/α-hetero) is 1. The zero-order chi connectivity index (χ0) is 10.8. The summed E-state index contributed by atoms with van der Waals surface area (Å²) in [5.41, 5.74) is 0.495. The van der Waals surface area contributed by atoms with Gasteiger partial charge in [-0.1, -0.05) is 11.6 Å². The minimum atomic E-state index is -0.284. The second-order valence-electron chi connectivity index (χ2n) is 3.62. The van der Waals surface area contributed by atoms with Gasteiger partial charge in [-0.05, 0) is 18.2 Å². The minimum absolute atomic E-state index is 0.244. The second kappa shape index (κ2) is 4.19. The molecule has 0 saturated carbocycles. The summed E-state index contributed by atoms with van der Waals surface area (Å²) in [5, 5.41) is 0.517. The van der Waals surface area contributed by atoms with Crippen molar-refractivity contribution in [1.29, 1.82) is 0 Å². The molecule has 1 aromatic rings. The van der Waals surface area contributed by atoms with Crippen molar-refractivity contribution in [3.63, 3.8) is 0 Å². The highest BCUT2D eigenvalue weighted by Gasteiger charge is 2.18. The summed E-state index contributed by atoms with van der Waals surface area (Å²) in [7, 11) is 0. The largest absolute Gasteiger partial charge is 0.368 e. The second-order valence-corrected chi connectivity index (χ2v) is 4.06. The smallest absolute Gasteiger partial charge is 0.146 e. The predicted octanol–water partition coefficient (Wildman–Crippen LogP) is 2.65. The van der Waals surface area contributed by atoms with Crippen molar-refractivity contribution < 1.29 is 9.18 Å². The summed E-state index contributed by atoms with van der Waals surface area (Å²) in [6.07, 6.45) is 0.984. The number of hydrogen-bond donors (Lipinski definition) is 0. The van der Waals surface area contributed by atoms with Crippen LogP contribution in [0.3, 0.4) is 0 Å². The summed E-state index contributed by atoms with van der Waals surface area (Å²) in [5.74, 6) is -0.0394. The van der Waals surface area contributed by atoms with Gasteiger partial charge < -0.3 is 4.90 Å². The highest BCUT2D eigenvalue weighted by Crippen LogP contribution is 2.25. The molecule has 2 nitrogen and oxygen atoms in total. The highest BCUT2D eigenvalue weighted by atomic mass is 35.5. The lowest BCUT2D eigenvalue weighted by atomic mass is 10.1. The van der Waals surface area contributed by atoms with Crippen LogP contribution in [0.15, 0.2) is 18.2 Å². The third-order valence-corrected chi connectivity index (χ3v) is 2.81. The van der Waals surface area contributed by atoms with Crippen molar-refractivity contribution in [2.75, 3.05) is 18.0 Å². The molecule has 0 bridgehead atoms. The Labute approximate surface area is 92.6 Å². The zero-order valence-electron chi connectivity index (χ0n) is 8.17. The number of nitrogens with zero attached hydrogens (tertiary/aromatic N) is 1.